The van der Waals surface area contributed by atoms with E-state index in [0.29, 0.717) is 24.3 Å². The Morgan fingerprint density at radius 1 is 1.44 bits per heavy atom. The number of piperidine rings is 1. The Morgan fingerprint density at radius 3 is 2.67 bits per heavy atom. The van der Waals surface area contributed by atoms with Gasteiger partial charge < -0.3 is 10.6 Å². The number of hydrogen-bond acceptors (Lipinski definition) is 2. The zero-order valence-corrected chi connectivity index (χ0v) is 12.7. The van der Waals surface area contributed by atoms with E-state index in [2.05, 4.69) is 45.3 Å². The van der Waals surface area contributed by atoms with Crippen molar-refractivity contribution in [1.82, 2.24) is 10.6 Å². The van der Waals surface area contributed by atoms with E-state index in [1.165, 1.54) is 12.8 Å². The van der Waals surface area contributed by atoms with Crippen LogP contribution in [0.4, 0.5) is 0 Å². The molecule has 3 nitrogen and oxygen atoms in total. The fraction of sp³-hybridized carbons (Fsp3) is 0.933. The number of nitrogens with one attached hydrogen (secondary N) is 2. The molecule has 2 unspecified atom stereocenters. The maximum Gasteiger partial charge on any atom is 0.221 e. The van der Waals surface area contributed by atoms with Gasteiger partial charge >= 0.3 is 0 Å². The second-order valence-electron chi connectivity index (χ2n) is 6.80. The molecule has 0 aromatic rings. The Labute approximate surface area is 112 Å². The van der Waals surface area contributed by atoms with Crippen LogP contribution in [0.5, 0.6) is 0 Å². The summed E-state index contributed by atoms with van der Waals surface area (Å²) >= 11 is 0. The molecule has 1 aliphatic heterocycles. The first kappa shape index (κ1) is 15.5. The normalized spacial score (nSPS) is 25.2. The van der Waals surface area contributed by atoms with Crippen LogP contribution in [-0.4, -0.2) is 25.0 Å². The molecule has 1 saturated heterocycles. The van der Waals surface area contributed by atoms with Crippen molar-refractivity contribution in [2.75, 3.05) is 13.1 Å². The van der Waals surface area contributed by atoms with Gasteiger partial charge in [-0.15, -0.1) is 0 Å². The lowest BCUT2D eigenvalue weighted by Crippen LogP contribution is -2.45. The first-order chi connectivity index (χ1) is 8.33. The van der Waals surface area contributed by atoms with Gasteiger partial charge in [0.05, 0.1) is 0 Å². The Bertz CT molecular complexity index is 274. The van der Waals surface area contributed by atoms with Gasteiger partial charge in [-0.1, -0.05) is 34.6 Å². The number of amides is 1. The molecule has 1 amide bonds. The van der Waals surface area contributed by atoms with Crippen LogP contribution >= 0.6 is 0 Å². The van der Waals surface area contributed by atoms with Crippen molar-refractivity contribution in [3.05, 3.63) is 0 Å². The fourth-order valence-electron chi connectivity index (χ4n) is 2.19. The Kier molecular flexibility index (Phi) is 5.64. The van der Waals surface area contributed by atoms with Crippen LogP contribution in [0.15, 0.2) is 0 Å². The summed E-state index contributed by atoms with van der Waals surface area (Å²) in [5, 5.41) is 6.55. The van der Waals surface area contributed by atoms with E-state index in [1.54, 1.807) is 0 Å². The summed E-state index contributed by atoms with van der Waals surface area (Å²) < 4.78 is 0. The third-order valence-electron chi connectivity index (χ3n) is 4.64. The summed E-state index contributed by atoms with van der Waals surface area (Å²) in [5.74, 6) is 1.38. The van der Waals surface area contributed by atoms with Crippen LogP contribution in [-0.2, 0) is 4.79 Å². The molecule has 0 saturated carbocycles. The molecule has 3 heteroatoms. The van der Waals surface area contributed by atoms with Crippen LogP contribution in [0, 0.1) is 17.3 Å². The molecule has 106 valence electrons. The number of rotatable bonds is 5. The van der Waals surface area contributed by atoms with Crippen molar-refractivity contribution in [1.29, 1.82) is 0 Å². The van der Waals surface area contributed by atoms with Gasteiger partial charge in [0, 0.05) is 19.0 Å². The molecule has 1 aliphatic rings. The summed E-state index contributed by atoms with van der Waals surface area (Å²) in [6.07, 6.45) is 3.09. The van der Waals surface area contributed by atoms with Gasteiger partial charge in [-0.2, -0.15) is 0 Å². The van der Waals surface area contributed by atoms with Crippen LogP contribution in [0.2, 0.25) is 0 Å². The lowest BCUT2D eigenvalue weighted by atomic mass is 9.81. The van der Waals surface area contributed by atoms with Crippen molar-refractivity contribution in [3.63, 3.8) is 0 Å². The van der Waals surface area contributed by atoms with E-state index in [1.807, 2.05) is 0 Å². The smallest absolute Gasteiger partial charge is 0.221 e. The summed E-state index contributed by atoms with van der Waals surface area (Å²) in [7, 11) is 0. The molecule has 1 fully saturated rings. The molecule has 0 bridgehead atoms. The summed E-state index contributed by atoms with van der Waals surface area (Å²) in [5.41, 5.74) is 0.168. The Balaban J connectivity index is 2.33. The van der Waals surface area contributed by atoms with E-state index in [9.17, 15) is 4.79 Å². The number of carbonyl (C=O) groups is 1. The molecule has 0 radical (unpaired) electrons. The maximum absolute atomic E-state index is 12.0. The molecule has 2 atom stereocenters. The third-order valence-corrected chi connectivity index (χ3v) is 4.64. The molecule has 0 aliphatic carbocycles. The quantitative estimate of drug-likeness (QED) is 0.791. The van der Waals surface area contributed by atoms with Crippen molar-refractivity contribution < 1.29 is 4.79 Å². The SMILES string of the molecule is CC1CCCNC1CC(=O)NCC(C)(C)C(C)C. The van der Waals surface area contributed by atoms with Gasteiger partial charge in [0.2, 0.25) is 5.91 Å². The van der Waals surface area contributed by atoms with E-state index >= 15 is 0 Å². The highest BCUT2D eigenvalue weighted by Gasteiger charge is 2.26. The molecular formula is C15H30N2O. The molecule has 0 aromatic heterocycles. The van der Waals surface area contributed by atoms with Gasteiger partial charge in [0.15, 0.2) is 0 Å². The van der Waals surface area contributed by atoms with Crippen molar-refractivity contribution in [2.24, 2.45) is 17.3 Å². The first-order valence-electron chi connectivity index (χ1n) is 7.33. The maximum atomic E-state index is 12.0. The van der Waals surface area contributed by atoms with Crippen molar-refractivity contribution in [3.8, 4) is 0 Å². The van der Waals surface area contributed by atoms with Crippen molar-refractivity contribution >= 4 is 5.91 Å². The van der Waals surface area contributed by atoms with Crippen molar-refractivity contribution in [2.45, 2.75) is 59.9 Å². The fourth-order valence-corrected chi connectivity index (χ4v) is 2.19. The topological polar surface area (TPSA) is 41.1 Å². The zero-order chi connectivity index (χ0) is 13.8. The predicted octanol–water partition coefficient (Wildman–Crippen LogP) is 2.56. The monoisotopic (exact) mass is 254 g/mol. The second-order valence-corrected chi connectivity index (χ2v) is 6.80. The highest BCUT2D eigenvalue weighted by molar-refractivity contribution is 5.76. The lowest BCUT2D eigenvalue weighted by molar-refractivity contribution is -0.122. The van der Waals surface area contributed by atoms with Crippen LogP contribution in [0.3, 0.4) is 0 Å². The molecule has 1 heterocycles. The van der Waals surface area contributed by atoms with E-state index in [4.69, 9.17) is 0 Å². The minimum Gasteiger partial charge on any atom is -0.356 e. The summed E-state index contributed by atoms with van der Waals surface area (Å²) in [6, 6.07) is 0.362. The second kappa shape index (κ2) is 6.55. The first-order valence-corrected chi connectivity index (χ1v) is 7.33. The summed E-state index contributed by atoms with van der Waals surface area (Å²) in [4.78, 5) is 12.0. The third kappa shape index (κ3) is 4.60. The Hall–Kier alpha value is -0.570. The van der Waals surface area contributed by atoms with E-state index in [0.717, 1.165) is 13.1 Å². The number of carbonyl (C=O) groups excluding carboxylic acids is 1. The van der Waals surface area contributed by atoms with E-state index < -0.39 is 0 Å². The van der Waals surface area contributed by atoms with Crippen LogP contribution in [0.25, 0.3) is 0 Å². The largest absolute Gasteiger partial charge is 0.356 e. The average molecular weight is 254 g/mol. The lowest BCUT2D eigenvalue weighted by Gasteiger charge is -2.32. The number of hydrogen-bond donors (Lipinski definition) is 2. The molecule has 18 heavy (non-hydrogen) atoms. The molecule has 2 N–H and O–H groups in total. The van der Waals surface area contributed by atoms with Crippen LogP contribution in [0.1, 0.15) is 53.9 Å². The Morgan fingerprint density at radius 2 is 2.11 bits per heavy atom. The average Bonchev–Trinajstić information content (AvgIpc) is 2.29. The highest BCUT2D eigenvalue weighted by atomic mass is 16.1. The van der Waals surface area contributed by atoms with Gasteiger partial charge in [-0.3, -0.25) is 4.79 Å². The summed E-state index contributed by atoms with van der Waals surface area (Å²) in [6.45, 7) is 12.9. The van der Waals surface area contributed by atoms with Gasteiger partial charge in [0.25, 0.3) is 0 Å². The zero-order valence-electron chi connectivity index (χ0n) is 12.7. The van der Waals surface area contributed by atoms with Gasteiger partial charge in [-0.25, -0.2) is 0 Å². The van der Waals surface area contributed by atoms with Crippen LogP contribution < -0.4 is 10.6 Å². The van der Waals surface area contributed by atoms with E-state index in [-0.39, 0.29) is 11.3 Å². The highest BCUT2D eigenvalue weighted by Crippen LogP contribution is 2.25. The molecule has 0 spiro atoms. The standard InChI is InChI=1S/C15H30N2O/c1-11(2)15(4,5)10-17-14(18)9-13-12(3)7-6-8-16-13/h11-13,16H,6-10H2,1-5H3,(H,17,18). The minimum atomic E-state index is 0.168. The van der Waals surface area contributed by atoms with Gasteiger partial charge in [0.1, 0.15) is 0 Å². The minimum absolute atomic E-state index is 0.168. The molecular weight excluding hydrogens is 224 g/mol. The predicted molar refractivity (Wildman–Crippen MR) is 76.4 cm³/mol. The van der Waals surface area contributed by atoms with Gasteiger partial charge in [-0.05, 0) is 36.6 Å². The molecule has 1 rings (SSSR count). The molecule has 0 aromatic carbocycles.